The number of carboxylic acids is 1. The summed E-state index contributed by atoms with van der Waals surface area (Å²) < 4.78 is 5.23. The van der Waals surface area contributed by atoms with Crippen molar-refractivity contribution in [1.29, 1.82) is 0 Å². The Hall–Kier alpha value is -1.77. The van der Waals surface area contributed by atoms with Gasteiger partial charge in [0.25, 0.3) is 0 Å². The van der Waals surface area contributed by atoms with Crippen molar-refractivity contribution >= 4 is 5.97 Å². The van der Waals surface area contributed by atoms with Crippen LogP contribution in [0.5, 0.6) is 5.75 Å². The number of hydrogen-bond acceptors (Lipinski definition) is 3. The van der Waals surface area contributed by atoms with E-state index in [0.29, 0.717) is 17.9 Å². The van der Waals surface area contributed by atoms with Crippen molar-refractivity contribution in [2.75, 3.05) is 6.61 Å². The van der Waals surface area contributed by atoms with Gasteiger partial charge < -0.3 is 14.6 Å². The van der Waals surface area contributed by atoms with Gasteiger partial charge in [0.2, 0.25) is 0 Å². The van der Waals surface area contributed by atoms with Gasteiger partial charge in [0.15, 0.2) is 0 Å². The van der Waals surface area contributed by atoms with Crippen molar-refractivity contribution in [1.82, 2.24) is 0 Å². The van der Waals surface area contributed by atoms with Crippen molar-refractivity contribution in [2.45, 2.75) is 6.42 Å². The molecule has 0 atom stereocenters. The molecule has 1 aromatic rings. The van der Waals surface area contributed by atoms with Crippen molar-refractivity contribution in [3.8, 4) is 5.75 Å². The lowest BCUT2D eigenvalue weighted by Crippen LogP contribution is -2.24. The number of rotatable bonds is 5. The van der Waals surface area contributed by atoms with E-state index < -0.39 is 5.97 Å². The van der Waals surface area contributed by atoms with E-state index in [-0.39, 0.29) is 6.42 Å². The van der Waals surface area contributed by atoms with Crippen LogP contribution in [0.4, 0.5) is 0 Å². The molecule has 0 fully saturated rings. The molecule has 0 heterocycles. The topological polar surface area (TPSA) is 49.4 Å². The molecule has 0 bridgehead atoms. The summed E-state index contributed by atoms with van der Waals surface area (Å²) in [5, 5.41) is 10.3. The van der Waals surface area contributed by atoms with Gasteiger partial charge in [0, 0.05) is 12.4 Å². The van der Waals surface area contributed by atoms with Crippen LogP contribution in [0.1, 0.15) is 5.56 Å². The highest BCUT2D eigenvalue weighted by atomic mass is 16.5. The lowest BCUT2D eigenvalue weighted by molar-refractivity contribution is -0.304. The second kappa shape index (κ2) is 5.07. The van der Waals surface area contributed by atoms with E-state index in [4.69, 9.17) is 4.74 Å². The smallest absolute Gasteiger partial charge is 0.119 e. The minimum absolute atomic E-state index is 0.0677. The Labute approximate surface area is 82.6 Å². The summed E-state index contributed by atoms with van der Waals surface area (Å²) in [7, 11) is 0. The molecule has 0 N–H and O–H groups in total. The summed E-state index contributed by atoms with van der Waals surface area (Å²) in [4.78, 5) is 10.3. The SMILES string of the molecule is C=CCOc1ccc(CC(=O)[O-])cc1. The zero-order chi connectivity index (χ0) is 10.4. The third-order valence-corrected chi connectivity index (χ3v) is 1.64. The van der Waals surface area contributed by atoms with Gasteiger partial charge >= 0.3 is 0 Å². The van der Waals surface area contributed by atoms with E-state index in [1.807, 2.05) is 0 Å². The summed E-state index contributed by atoms with van der Waals surface area (Å²) in [6.45, 7) is 3.97. The number of aliphatic carboxylic acids is 1. The molecule has 0 radical (unpaired) electrons. The molecular weight excluding hydrogens is 180 g/mol. The minimum Gasteiger partial charge on any atom is -0.550 e. The molecule has 14 heavy (non-hydrogen) atoms. The molecular formula is C11H11O3-. The zero-order valence-electron chi connectivity index (χ0n) is 7.73. The van der Waals surface area contributed by atoms with Crippen LogP contribution in [0.25, 0.3) is 0 Å². The van der Waals surface area contributed by atoms with Gasteiger partial charge in [-0.25, -0.2) is 0 Å². The molecule has 0 aliphatic heterocycles. The summed E-state index contributed by atoms with van der Waals surface area (Å²) >= 11 is 0. The van der Waals surface area contributed by atoms with Crippen LogP contribution in [0.3, 0.4) is 0 Å². The van der Waals surface area contributed by atoms with Crippen molar-refractivity contribution in [2.24, 2.45) is 0 Å². The number of hydrogen-bond donors (Lipinski definition) is 0. The van der Waals surface area contributed by atoms with Gasteiger partial charge in [-0.2, -0.15) is 0 Å². The number of carboxylic acid groups (broad SMARTS) is 1. The van der Waals surface area contributed by atoms with Crippen LogP contribution in [-0.4, -0.2) is 12.6 Å². The normalized spacial score (nSPS) is 9.43. The molecule has 3 heteroatoms. The van der Waals surface area contributed by atoms with E-state index in [1.165, 1.54) is 0 Å². The zero-order valence-corrected chi connectivity index (χ0v) is 7.73. The Bertz CT molecular complexity index is 314. The number of carbonyl (C=O) groups excluding carboxylic acids is 1. The Morgan fingerprint density at radius 3 is 2.57 bits per heavy atom. The predicted molar refractivity (Wildman–Crippen MR) is 50.8 cm³/mol. The molecule has 0 amide bonds. The molecule has 0 aromatic heterocycles. The molecule has 0 aliphatic carbocycles. The van der Waals surface area contributed by atoms with Gasteiger partial charge in [-0.15, -0.1) is 0 Å². The fourth-order valence-electron chi connectivity index (χ4n) is 1.03. The Morgan fingerprint density at radius 2 is 2.07 bits per heavy atom. The standard InChI is InChI=1S/C11H12O3/c1-2-7-14-10-5-3-9(4-6-10)8-11(12)13/h2-6H,1,7-8H2,(H,12,13)/p-1. The third-order valence-electron chi connectivity index (χ3n) is 1.64. The fraction of sp³-hybridized carbons (Fsp3) is 0.182. The van der Waals surface area contributed by atoms with Crippen LogP contribution < -0.4 is 9.84 Å². The lowest BCUT2D eigenvalue weighted by atomic mass is 10.1. The Morgan fingerprint density at radius 1 is 1.43 bits per heavy atom. The van der Waals surface area contributed by atoms with Gasteiger partial charge in [0.1, 0.15) is 12.4 Å². The minimum atomic E-state index is -1.08. The molecule has 0 spiro atoms. The van der Waals surface area contributed by atoms with Crippen molar-refractivity contribution < 1.29 is 14.6 Å². The van der Waals surface area contributed by atoms with Gasteiger partial charge in [-0.3, -0.25) is 0 Å². The highest BCUT2D eigenvalue weighted by Gasteiger charge is 1.94. The molecule has 0 saturated heterocycles. The average molecular weight is 191 g/mol. The van der Waals surface area contributed by atoms with Crippen LogP contribution in [0, 0.1) is 0 Å². The predicted octanol–water partition coefficient (Wildman–Crippen LogP) is 0.544. The number of benzene rings is 1. The molecule has 1 rings (SSSR count). The van der Waals surface area contributed by atoms with Crippen molar-refractivity contribution in [3.63, 3.8) is 0 Å². The van der Waals surface area contributed by atoms with Gasteiger partial charge in [-0.05, 0) is 17.7 Å². The van der Waals surface area contributed by atoms with Gasteiger partial charge in [-0.1, -0.05) is 24.8 Å². The van der Waals surface area contributed by atoms with Crippen LogP contribution in [0.15, 0.2) is 36.9 Å². The van der Waals surface area contributed by atoms with E-state index >= 15 is 0 Å². The average Bonchev–Trinajstić information content (AvgIpc) is 2.16. The summed E-state index contributed by atoms with van der Waals surface area (Å²) in [6.07, 6.45) is 1.58. The number of carbonyl (C=O) groups is 1. The molecule has 3 nitrogen and oxygen atoms in total. The lowest BCUT2D eigenvalue weighted by Gasteiger charge is -2.05. The largest absolute Gasteiger partial charge is 0.550 e. The number of ether oxygens (including phenoxy) is 1. The molecule has 0 aliphatic rings. The van der Waals surface area contributed by atoms with E-state index in [9.17, 15) is 9.90 Å². The maximum atomic E-state index is 10.3. The van der Waals surface area contributed by atoms with E-state index in [2.05, 4.69) is 6.58 Å². The second-order valence-corrected chi connectivity index (χ2v) is 2.79. The first-order valence-electron chi connectivity index (χ1n) is 4.25. The van der Waals surface area contributed by atoms with Crippen molar-refractivity contribution in [3.05, 3.63) is 42.5 Å². The maximum absolute atomic E-state index is 10.3. The van der Waals surface area contributed by atoms with Gasteiger partial charge in [0.05, 0.1) is 0 Å². The quantitative estimate of drug-likeness (QED) is 0.638. The Kier molecular flexibility index (Phi) is 3.73. The van der Waals surface area contributed by atoms with Crippen LogP contribution in [0.2, 0.25) is 0 Å². The molecule has 1 aromatic carbocycles. The van der Waals surface area contributed by atoms with Crippen LogP contribution in [-0.2, 0) is 11.2 Å². The highest BCUT2D eigenvalue weighted by Crippen LogP contribution is 2.12. The first kappa shape index (κ1) is 10.3. The fourth-order valence-corrected chi connectivity index (χ4v) is 1.03. The molecule has 0 saturated carbocycles. The highest BCUT2D eigenvalue weighted by molar-refractivity contribution is 5.67. The van der Waals surface area contributed by atoms with E-state index in [1.54, 1.807) is 30.3 Å². The summed E-state index contributed by atoms with van der Waals surface area (Å²) in [5.74, 6) is -0.378. The second-order valence-electron chi connectivity index (χ2n) is 2.79. The third kappa shape index (κ3) is 3.31. The summed E-state index contributed by atoms with van der Waals surface area (Å²) in [6, 6.07) is 6.85. The first-order chi connectivity index (χ1) is 6.72. The maximum Gasteiger partial charge on any atom is 0.119 e. The Balaban J connectivity index is 2.58. The molecule has 74 valence electrons. The summed E-state index contributed by atoms with van der Waals surface area (Å²) in [5.41, 5.74) is 0.705. The van der Waals surface area contributed by atoms with Crippen LogP contribution >= 0.6 is 0 Å². The molecule has 0 unspecified atom stereocenters. The van der Waals surface area contributed by atoms with E-state index in [0.717, 1.165) is 0 Å². The first-order valence-corrected chi connectivity index (χ1v) is 4.25. The monoisotopic (exact) mass is 191 g/mol.